The molecule has 0 aliphatic carbocycles. The molecular weight excluding hydrogens is 270 g/mol. The monoisotopic (exact) mass is 285 g/mol. The smallest absolute Gasteiger partial charge is 0.329 e. The maximum absolute atomic E-state index is 11.8. The third-order valence-electron chi connectivity index (χ3n) is 2.95. The van der Waals surface area contributed by atoms with E-state index >= 15 is 0 Å². The van der Waals surface area contributed by atoms with Crippen molar-refractivity contribution in [3.8, 4) is 0 Å². The summed E-state index contributed by atoms with van der Waals surface area (Å²) < 4.78 is 5.13. The van der Waals surface area contributed by atoms with Gasteiger partial charge in [0.25, 0.3) is 0 Å². The molecule has 1 fully saturated rings. The Hall–Kier alpha value is -1.67. The summed E-state index contributed by atoms with van der Waals surface area (Å²) in [6.45, 7) is 2.46. The number of aliphatic carboxylic acids is 1. The first kappa shape index (κ1) is 13.8. The number of nitrogens with one attached hydrogen (secondary N) is 2. The second kappa shape index (κ2) is 5.54. The lowest BCUT2D eigenvalue weighted by Gasteiger charge is -2.33. The summed E-state index contributed by atoms with van der Waals surface area (Å²) in [5.41, 5.74) is -0.450. The molecule has 0 saturated carbocycles. The van der Waals surface area contributed by atoms with Gasteiger partial charge in [0.05, 0.1) is 5.69 Å². The van der Waals surface area contributed by atoms with Crippen molar-refractivity contribution in [2.45, 2.75) is 25.3 Å². The second-order valence-corrected chi connectivity index (χ2v) is 5.23. The van der Waals surface area contributed by atoms with Crippen LogP contribution in [0.5, 0.6) is 0 Å². The molecule has 1 aromatic rings. The number of aromatic nitrogens is 1. The van der Waals surface area contributed by atoms with Gasteiger partial charge in [-0.2, -0.15) is 0 Å². The minimum atomic E-state index is -1.26. The number of aryl methyl sites for hydroxylation is 1. The lowest BCUT2D eigenvalue weighted by atomic mass is 9.90. The molecule has 2 heterocycles. The quantitative estimate of drug-likeness (QED) is 0.775. The zero-order valence-corrected chi connectivity index (χ0v) is 11.2. The van der Waals surface area contributed by atoms with Gasteiger partial charge in [0.15, 0.2) is 5.13 Å². The van der Waals surface area contributed by atoms with Crippen molar-refractivity contribution in [1.82, 2.24) is 10.3 Å². The number of carbonyl (C=O) groups is 2. The number of hydrogen-bond donors (Lipinski definition) is 3. The lowest BCUT2D eigenvalue weighted by molar-refractivity contribution is -0.148. The van der Waals surface area contributed by atoms with Crippen molar-refractivity contribution in [3.63, 3.8) is 0 Å². The van der Waals surface area contributed by atoms with Crippen LogP contribution in [-0.2, 0) is 9.53 Å². The van der Waals surface area contributed by atoms with E-state index in [1.165, 1.54) is 11.3 Å². The van der Waals surface area contributed by atoms with Crippen LogP contribution in [0.4, 0.5) is 9.93 Å². The molecule has 0 atom stereocenters. The highest BCUT2D eigenvalue weighted by Crippen LogP contribution is 2.22. The molecule has 1 saturated heterocycles. The molecule has 2 rings (SSSR count). The van der Waals surface area contributed by atoms with E-state index in [1.54, 1.807) is 5.38 Å². The SMILES string of the molecule is Cc1csc(NC(=O)NC2(C(=O)O)CCOCC2)n1. The zero-order valence-electron chi connectivity index (χ0n) is 10.4. The first-order valence-electron chi connectivity index (χ1n) is 5.84. The number of carboxylic acids is 1. The summed E-state index contributed by atoms with van der Waals surface area (Å²) in [5.74, 6) is -1.04. The summed E-state index contributed by atoms with van der Waals surface area (Å²) in [6.07, 6.45) is 0.513. The Morgan fingerprint density at radius 2 is 2.16 bits per heavy atom. The summed E-state index contributed by atoms with van der Waals surface area (Å²) in [7, 11) is 0. The van der Waals surface area contributed by atoms with Crippen molar-refractivity contribution < 1.29 is 19.4 Å². The number of amides is 2. The Bertz CT molecular complexity index is 482. The second-order valence-electron chi connectivity index (χ2n) is 4.37. The van der Waals surface area contributed by atoms with E-state index in [4.69, 9.17) is 4.74 Å². The van der Waals surface area contributed by atoms with E-state index in [0.717, 1.165) is 5.69 Å². The third kappa shape index (κ3) is 3.21. The van der Waals surface area contributed by atoms with Gasteiger partial charge in [-0.05, 0) is 6.92 Å². The van der Waals surface area contributed by atoms with E-state index in [9.17, 15) is 14.7 Å². The van der Waals surface area contributed by atoms with Crippen molar-refractivity contribution in [1.29, 1.82) is 0 Å². The fraction of sp³-hybridized carbons (Fsp3) is 0.545. The first-order chi connectivity index (χ1) is 9.02. The highest BCUT2D eigenvalue weighted by atomic mass is 32.1. The summed E-state index contributed by atoms with van der Waals surface area (Å²) in [4.78, 5) is 27.3. The Labute approximate surface area is 114 Å². The van der Waals surface area contributed by atoms with Crippen LogP contribution in [0.2, 0.25) is 0 Å². The van der Waals surface area contributed by atoms with Crippen LogP contribution in [0.15, 0.2) is 5.38 Å². The molecule has 0 unspecified atom stereocenters. The van der Waals surface area contributed by atoms with E-state index in [0.29, 0.717) is 18.3 Å². The summed E-state index contributed by atoms with van der Waals surface area (Å²) in [5, 5.41) is 16.6. The van der Waals surface area contributed by atoms with Gasteiger partial charge < -0.3 is 15.2 Å². The van der Waals surface area contributed by atoms with E-state index in [1.807, 2.05) is 6.92 Å². The number of hydrogen-bond acceptors (Lipinski definition) is 5. The minimum Gasteiger partial charge on any atom is -0.480 e. The number of nitrogens with zero attached hydrogens (tertiary/aromatic N) is 1. The standard InChI is InChI=1S/C11H15N3O4S/c1-7-6-19-10(12-7)13-9(17)14-11(8(15)16)2-4-18-5-3-11/h6H,2-5H2,1H3,(H,15,16)(H2,12,13,14,17). The number of rotatable bonds is 3. The Morgan fingerprint density at radius 3 is 2.68 bits per heavy atom. The van der Waals surface area contributed by atoms with Gasteiger partial charge in [-0.3, -0.25) is 5.32 Å². The Morgan fingerprint density at radius 1 is 1.47 bits per heavy atom. The predicted molar refractivity (Wildman–Crippen MR) is 69.4 cm³/mol. The van der Waals surface area contributed by atoms with Gasteiger partial charge in [-0.25, -0.2) is 14.6 Å². The highest BCUT2D eigenvalue weighted by molar-refractivity contribution is 7.13. The maximum atomic E-state index is 11.8. The fourth-order valence-electron chi connectivity index (χ4n) is 1.87. The van der Waals surface area contributed by atoms with Crippen LogP contribution < -0.4 is 10.6 Å². The Balaban J connectivity index is 2.01. The number of carboxylic acid groups (broad SMARTS) is 1. The molecule has 0 aromatic carbocycles. The van der Waals surface area contributed by atoms with Crippen LogP contribution in [-0.4, -0.2) is 40.8 Å². The van der Waals surface area contributed by atoms with Gasteiger partial charge in [0, 0.05) is 31.4 Å². The molecule has 0 radical (unpaired) electrons. The van der Waals surface area contributed by atoms with E-state index in [2.05, 4.69) is 15.6 Å². The molecule has 19 heavy (non-hydrogen) atoms. The first-order valence-corrected chi connectivity index (χ1v) is 6.72. The van der Waals surface area contributed by atoms with E-state index in [-0.39, 0.29) is 12.8 Å². The van der Waals surface area contributed by atoms with Crippen LogP contribution >= 0.6 is 11.3 Å². The molecule has 2 amide bonds. The van der Waals surface area contributed by atoms with Crippen LogP contribution in [0, 0.1) is 6.92 Å². The summed E-state index contributed by atoms with van der Waals surface area (Å²) in [6, 6.07) is -0.557. The van der Waals surface area contributed by atoms with Crippen molar-refractivity contribution in [3.05, 3.63) is 11.1 Å². The molecule has 3 N–H and O–H groups in total. The summed E-state index contributed by atoms with van der Waals surface area (Å²) >= 11 is 1.29. The molecule has 104 valence electrons. The normalized spacial score (nSPS) is 17.7. The molecule has 0 spiro atoms. The number of urea groups is 1. The van der Waals surface area contributed by atoms with Crippen molar-refractivity contribution in [2.24, 2.45) is 0 Å². The number of ether oxygens (including phenoxy) is 1. The van der Waals surface area contributed by atoms with Gasteiger partial charge in [-0.15, -0.1) is 11.3 Å². The largest absolute Gasteiger partial charge is 0.480 e. The van der Waals surface area contributed by atoms with Gasteiger partial charge >= 0.3 is 12.0 Å². The molecule has 1 aliphatic rings. The zero-order chi connectivity index (χ0) is 13.9. The van der Waals surface area contributed by atoms with Crippen LogP contribution in [0.3, 0.4) is 0 Å². The van der Waals surface area contributed by atoms with Gasteiger partial charge in [0.2, 0.25) is 0 Å². The molecule has 0 bridgehead atoms. The van der Waals surface area contributed by atoms with Crippen molar-refractivity contribution in [2.75, 3.05) is 18.5 Å². The fourth-order valence-corrected chi connectivity index (χ4v) is 2.55. The average molecular weight is 285 g/mol. The number of anilines is 1. The predicted octanol–water partition coefficient (Wildman–Crippen LogP) is 1.21. The maximum Gasteiger partial charge on any atom is 0.329 e. The third-order valence-corrected chi connectivity index (χ3v) is 3.82. The van der Waals surface area contributed by atoms with Crippen LogP contribution in [0.25, 0.3) is 0 Å². The lowest BCUT2D eigenvalue weighted by Crippen LogP contribution is -2.58. The minimum absolute atomic E-state index is 0.257. The molecular formula is C11H15N3O4S. The topological polar surface area (TPSA) is 101 Å². The van der Waals surface area contributed by atoms with Crippen LogP contribution in [0.1, 0.15) is 18.5 Å². The number of thiazole rings is 1. The number of carbonyl (C=O) groups excluding carboxylic acids is 1. The molecule has 7 nitrogen and oxygen atoms in total. The molecule has 1 aromatic heterocycles. The molecule has 1 aliphatic heterocycles. The van der Waals surface area contributed by atoms with Crippen molar-refractivity contribution >= 4 is 28.5 Å². The average Bonchev–Trinajstić information content (AvgIpc) is 2.75. The highest BCUT2D eigenvalue weighted by Gasteiger charge is 2.41. The Kier molecular flexibility index (Phi) is 4.01. The van der Waals surface area contributed by atoms with Gasteiger partial charge in [0.1, 0.15) is 5.54 Å². The van der Waals surface area contributed by atoms with Gasteiger partial charge in [-0.1, -0.05) is 0 Å². The van der Waals surface area contributed by atoms with E-state index < -0.39 is 17.5 Å². The molecule has 8 heteroatoms.